The molecule has 0 spiro atoms. The first kappa shape index (κ1) is 15.4. The maximum Gasteiger partial charge on any atom is 0.125 e. The quantitative estimate of drug-likeness (QED) is 0.884. The van der Waals surface area contributed by atoms with Crippen LogP contribution in [0.2, 0.25) is 0 Å². The molecule has 3 unspecified atom stereocenters. The summed E-state index contributed by atoms with van der Waals surface area (Å²) in [5.74, 6) is 2.74. The van der Waals surface area contributed by atoms with Gasteiger partial charge in [0, 0.05) is 0 Å². The summed E-state index contributed by atoms with van der Waals surface area (Å²) in [6.07, 6.45) is 2.56. The summed E-state index contributed by atoms with van der Waals surface area (Å²) in [7, 11) is 0. The Morgan fingerprint density at radius 1 is 1.05 bits per heavy atom. The van der Waals surface area contributed by atoms with E-state index >= 15 is 0 Å². The molecular weight excluding hydrogens is 248 g/mol. The molecule has 1 fully saturated rings. The fourth-order valence-electron chi connectivity index (χ4n) is 2.98. The molecule has 0 saturated heterocycles. The van der Waals surface area contributed by atoms with Gasteiger partial charge in [-0.2, -0.15) is 0 Å². The third-order valence-electron chi connectivity index (χ3n) is 4.57. The molecule has 0 heterocycles. The van der Waals surface area contributed by atoms with Gasteiger partial charge >= 0.3 is 0 Å². The minimum atomic E-state index is -0.324. The standard InChI is InChI=1S/C18H28O2/c1-12(2)14-5-8-16(9-6-14)20-18-11-15(13(3)4)7-10-17(18)19/h5-6,8-9,12-13,15,17-19H,7,10-11H2,1-4H3. The van der Waals surface area contributed by atoms with Crippen LogP contribution < -0.4 is 4.74 Å². The molecule has 20 heavy (non-hydrogen) atoms. The molecule has 112 valence electrons. The number of hydrogen-bond acceptors (Lipinski definition) is 2. The lowest BCUT2D eigenvalue weighted by molar-refractivity contribution is -0.0176. The third kappa shape index (κ3) is 3.76. The van der Waals surface area contributed by atoms with Gasteiger partial charge in [0.1, 0.15) is 11.9 Å². The van der Waals surface area contributed by atoms with E-state index < -0.39 is 0 Å². The Morgan fingerprint density at radius 2 is 1.70 bits per heavy atom. The number of rotatable bonds is 4. The molecule has 2 nitrogen and oxygen atoms in total. The zero-order chi connectivity index (χ0) is 14.7. The second-order valence-electron chi connectivity index (χ2n) is 6.76. The summed E-state index contributed by atoms with van der Waals surface area (Å²) in [6.45, 7) is 8.90. The SMILES string of the molecule is CC(C)c1ccc(OC2CC(C(C)C)CCC2O)cc1. The van der Waals surface area contributed by atoms with Crippen molar-refractivity contribution in [2.24, 2.45) is 11.8 Å². The Morgan fingerprint density at radius 3 is 2.25 bits per heavy atom. The predicted octanol–water partition coefficient (Wildman–Crippen LogP) is 4.37. The van der Waals surface area contributed by atoms with Crippen LogP contribution in [0.1, 0.15) is 58.4 Å². The van der Waals surface area contributed by atoms with Crippen molar-refractivity contribution >= 4 is 0 Å². The van der Waals surface area contributed by atoms with E-state index in [1.54, 1.807) is 0 Å². The van der Waals surface area contributed by atoms with Gasteiger partial charge in [0.2, 0.25) is 0 Å². The summed E-state index contributed by atoms with van der Waals surface area (Å²) in [6, 6.07) is 8.30. The van der Waals surface area contributed by atoms with Crippen LogP contribution >= 0.6 is 0 Å². The molecular formula is C18H28O2. The normalized spacial score (nSPS) is 27.1. The average Bonchev–Trinajstić information content (AvgIpc) is 2.41. The molecule has 0 aromatic heterocycles. The van der Waals surface area contributed by atoms with Gasteiger partial charge in [-0.15, -0.1) is 0 Å². The minimum absolute atomic E-state index is 0.0546. The largest absolute Gasteiger partial charge is 0.488 e. The van der Waals surface area contributed by atoms with Crippen LogP contribution in [0.3, 0.4) is 0 Å². The number of hydrogen-bond donors (Lipinski definition) is 1. The van der Waals surface area contributed by atoms with Crippen molar-refractivity contribution < 1.29 is 9.84 Å². The maximum atomic E-state index is 10.1. The molecule has 1 aromatic rings. The Kier molecular flexibility index (Phi) is 5.09. The van der Waals surface area contributed by atoms with Crippen molar-refractivity contribution in [3.8, 4) is 5.75 Å². The van der Waals surface area contributed by atoms with Gasteiger partial charge < -0.3 is 9.84 Å². The first-order valence-corrected chi connectivity index (χ1v) is 7.92. The van der Waals surface area contributed by atoms with E-state index in [2.05, 4.69) is 39.8 Å². The van der Waals surface area contributed by atoms with Gasteiger partial charge in [-0.25, -0.2) is 0 Å². The molecule has 1 aliphatic rings. The van der Waals surface area contributed by atoms with Crippen molar-refractivity contribution in [1.82, 2.24) is 0 Å². The van der Waals surface area contributed by atoms with Crippen LogP contribution in [-0.4, -0.2) is 17.3 Å². The van der Waals surface area contributed by atoms with Crippen molar-refractivity contribution in [2.75, 3.05) is 0 Å². The zero-order valence-corrected chi connectivity index (χ0v) is 13.2. The smallest absolute Gasteiger partial charge is 0.125 e. The molecule has 1 aromatic carbocycles. The van der Waals surface area contributed by atoms with E-state index in [0.29, 0.717) is 17.8 Å². The van der Waals surface area contributed by atoms with Gasteiger partial charge in [0.15, 0.2) is 0 Å². The molecule has 2 rings (SSSR count). The van der Waals surface area contributed by atoms with Gasteiger partial charge in [0.25, 0.3) is 0 Å². The van der Waals surface area contributed by atoms with E-state index in [0.717, 1.165) is 25.0 Å². The van der Waals surface area contributed by atoms with Crippen LogP contribution in [0.15, 0.2) is 24.3 Å². The first-order chi connectivity index (χ1) is 9.47. The van der Waals surface area contributed by atoms with Crippen LogP contribution in [0.4, 0.5) is 0 Å². The second kappa shape index (κ2) is 6.62. The topological polar surface area (TPSA) is 29.5 Å². The van der Waals surface area contributed by atoms with E-state index in [4.69, 9.17) is 4.74 Å². The Hall–Kier alpha value is -1.02. The maximum absolute atomic E-state index is 10.1. The van der Waals surface area contributed by atoms with Gasteiger partial charge in [-0.05, 0) is 54.7 Å². The number of aliphatic hydroxyl groups is 1. The Balaban J connectivity index is 2.00. The monoisotopic (exact) mass is 276 g/mol. The van der Waals surface area contributed by atoms with Crippen LogP contribution in [-0.2, 0) is 0 Å². The van der Waals surface area contributed by atoms with Crippen molar-refractivity contribution in [3.63, 3.8) is 0 Å². The molecule has 0 amide bonds. The zero-order valence-electron chi connectivity index (χ0n) is 13.2. The summed E-state index contributed by atoms with van der Waals surface area (Å²) in [5.41, 5.74) is 1.32. The molecule has 1 N–H and O–H groups in total. The highest BCUT2D eigenvalue weighted by atomic mass is 16.5. The molecule has 1 aliphatic carbocycles. The van der Waals surface area contributed by atoms with Gasteiger partial charge in [-0.1, -0.05) is 39.8 Å². The number of benzene rings is 1. The predicted molar refractivity (Wildman–Crippen MR) is 83.1 cm³/mol. The number of aliphatic hydroxyl groups excluding tert-OH is 1. The minimum Gasteiger partial charge on any atom is -0.488 e. The molecule has 3 atom stereocenters. The third-order valence-corrected chi connectivity index (χ3v) is 4.57. The lowest BCUT2D eigenvalue weighted by Crippen LogP contribution is -2.39. The highest BCUT2D eigenvalue weighted by Gasteiger charge is 2.32. The highest BCUT2D eigenvalue weighted by Crippen LogP contribution is 2.32. The van der Waals surface area contributed by atoms with E-state index in [1.165, 1.54) is 5.56 Å². The molecule has 0 aliphatic heterocycles. The number of ether oxygens (including phenoxy) is 1. The molecule has 1 saturated carbocycles. The summed E-state index contributed by atoms with van der Waals surface area (Å²) >= 11 is 0. The van der Waals surface area contributed by atoms with E-state index in [-0.39, 0.29) is 12.2 Å². The Labute approximate surface area is 123 Å². The van der Waals surface area contributed by atoms with Gasteiger partial charge in [-0.3, -0.25) is 0 Å². The van der Waals surface area contributed by atoms with E-state index in [1.807, 2.05) is 12.1 Å². The fourth-order valence-corrected chi connectivity index (χ4v) is 2.98. The van der Waals surface area contributed by atoms with Crippen molar-refractivity contribution in [3.05, 3.63) is 29.8 Å². The lowest BCUT2D eigenvalue weighted by Gasteiger charge is -2.35. The van der Waals surface area contributed by atoms with Crippen molar-refractivity contribution in [1.29, 1.82) is 0 Å². The van der Waals surface area contributed by atoms with E-state index in [9.17, 15) is 5.11 Å². The summed E-state index contributed by atoms with van der Waals surface area (Å²) in [5, 5.41) is 10.1. The summed E-state index contributed by atoms with van der Waals surface area (Å²) in [4.78, 5) is 0. The van der Waals surface area contributed by atoms with Crippen LogP contribution in [0.5, 0.6) is 5.75 Å². The highest BCUT2D eigenvalue weighted by molar-refractivity contribution is 5.29. The Bertz CT molecular complexity index is 408. The second-order valence-corrected chi connectivity index (χ2v) is 6.76. The molecule has 0 radical (unpaired) electrons. The van der Waals surface area contributed by atoms with Gasteiger partial charge in [0.05, 0.1) is 6.10 Å². The lowest BCUT2D eigenvalue weighted by atomic mass is 9.79. The molecule has 0 bridgehead atoms. The summed E-state index contributed by atoms with van der Waals surface area (Å²) < 4.78 is 6.03. The van der Waals surface area contributed by atoms with Crippen LogP contribution in [0, 0.1) is 11.8 Å². The first-order valence-electron chi connectivity index (χ1n) is 7.92. The fraction of sp³-hybridized carbons (Fsp3) is 0.667. The average molecular weight is 276 g/mol. The molecule has 2 heteroatoms. The van der Waals surface area contributed by atoms with Crippen molar-refractivity contribution in [2.45, 2.75) is 65.1 Å². The van der Waals surface area contributed by atoms with Crippen LogP contribution in [0.25, 0.3) is 0 Å².